The standard InChI is InChI=1S/C16H20BrNO/c1-18(10-11-6-15(17)7-11)16(19)14-8-12-4-2-3-5-13(12)9-14/h2-5,11,14-15H,6-10H2,1H3. The van der Waals surface area contributed by atoms with Crippen LogP contribution in [0.4, 0.5) is 0 Å². The third-order valence-electron chi connectivity index (χ3n) is 4.49. The Morgan fingerprint density at radius 3 is 2.37 bits per heavy atom. The van der Waals surface area contributed by atoms with E-state index in [1.54, 1.807) is 0 Å². The van der Waals surface area contributed by atoms with Crippen LogP contribution >= 0.6 is 15.9 Å². The van der Waals surface area contributed by atoms with Crippen molar-refractivity contribution in [3.05, 3.63) is 35.4 Å². The molecule has 0 bridgehead atoms. The summed E-state index contributed by atoms with van der Waals surface area (Å²) in [6.07, 6.45) is 4.27. The van der Waals surface area contributed by atoms with Gasteiger partial charge in [0, 0.05) is 24.3 Å². The van der Waals surface area contributed by atoms with E-state index in [0.717, 1.165) is 19.4 Å². The Balaban J connectivity index is 1.57. The van der Waals surface area contributed by atoms with Gasteiger partial charge in [-0.25, -0.2) is 0 Å². The van der Waals surface area contributed by atoms with Gasteiger partial charge in [0.25, 0.3) is 0 Å². The first-order chi connectivity index (χ1) is 9.13. The van der Waals surface area contributed by atoms with Crippen LogP contribution in [0.15, 0.2) is 24.3 Å². The number of halogens is 1. The van der Waals surface area contributed by atoms with Crippen molar-refractivity contribution in [1.29, 1.82) is 0 Å². The minimum absolute atomic E-state index is 0.169. The number of fused-ring (bicyclic) bond motifs is 1. The molecule has 2 aliphatic rings. The molecule has 3 heteroatoms. The number of amides is 1. The molecule has 0 atom stereocenters. The van der Waals surface area contributed by atoms with E-state index in [2.05, 4.69) is 40.2 Å². The van der Waals surface area contributed by atoms with Gasteiger partial charge in [-0.05, 0) is 42.7 Å². The highest BCUT2D eigenvalue weighted by Crippen LogP contribution is 2.34. The first kappa shape index (κ1) is 13.2. The normalized spacial score (nSPS) is 25.8. The molecule has 0 saturated heterocycles. The van der Waals surface area contributed by atoms with Gasteiger partial charge in [0.05, 0.1) is 0 Å². The number of hydrogen-bond acceptors (Lipinski definition) is 1. The number of carbonyl (C=O) groups excluding carboxylic acids is 1. The number of alkyl halides is 1. The van der Waals surface area contributed by atoms with E-state index >= 15 is 0 Å². The first-order valence-corrected chi connectivity index (χ1v) is 8.01. The zero-order valence-corrected chi connectivity index (χ0v) is 12.9. The lowest BCUT2D eigenvalue weighted by molar-refractivity contribution is -0.134. The van der Waals surface area contributed by atoms with Crippen LogP contribution in [0.1, 0.15) is 24.0 Å². The van der Waals surface area contributed by atoms with Crippen molar-refractivity contribution in [3.63, 3.8) is 0 Å². The Labute approximate surface area is 123 Å². The second-order valence-corrected chi connectivity index (χ2v) is 7.32. The van der Waals surface area contributed by atoms with Gasteiger partial charge in [-0.3, -0.25) is 4.79 Å². The summed E-state index contributed by atoms with van der Waals surface area (Å²) in [6.45, 7) is 0.924. The molecular weight excluding hydrogens is 302 g/mol. The van der Waals surface area contributed by atoms with Crippen LogP contribution in [-0.4, -0.2) is 29.2 Å². The summed E-state index contributed by atoms with van der Waals surface area (Å²) in [5.74, 6) is 1.19. The molecule has 0 spiro atoms. The number of benzene rings is 1. The fraction of sp³-hybridized carbons (Fsp3) is 0.562. The highest BCUT2D eigenvalue weighted by molar-refractivity contribution is 9.09. The van der Waals surface area contributed by atoms with Crippen molar-refractivity contribution >= 4 is 21.8 Å². The van der Waals surface area contributed by atoms with Crippen LogP contribution in [0.25, 0.3) is 0 Å². The van der Waals surface area contributed by atoms with Crippen molar-refractivity contribution in [2.45, 2.75) is 30.5 Å². The quantitative estimate of drug-likeness (QED) is 0.784. The summed E-state index contributed by atoms with van der Waals surface area (Å²) < 4.78 is 0. The second kappa shape index (κ2) is 5.28. The zero-order chi connectivity index (χ0) is 13.4. The number of nitrogens with zero attached hydrogens (tertiary/aromatic N) is 1. The highest BCUT2D eigenvalue weighted by atomic mass is 79.9. The zero-order valence-electron chi connectivity index (χ0n) is 11.3. The molecule has 1 fully saturated rings. The highest BCUT2D eigenvalue weighted by Gasteiger charge is 2.32. The molecule has 0 aliphatic heterocycles. The van der Waals surface area contributed by atoms with Gasteiger partial charge in [-0.2, -0.15) is 0 Å². The minimum Gasteiger partial charge on any atom is -0.345 e. The van der Waals surface area contributed by atoms with E-state index in [0.29, 0.717) is 16.7 Å². The average Bonchev–Trinajstić information content (AvgIpc) is 2.79. The van der Waals surface area contributed by atoms with Gasteiger partial charge in [0.15, 0.2) is 0 Å². The first-order valence-electron chi connectivity index (χ1n) is 7.09. The molecule has 2 nitrogen and oxygen atoms in total. The predicted octanol–water partition coefficient (Wildman–Crippen LogP) is 3.03. The van der Waals surface area contributed by atoms with E-state index in [1.165, 1.54) is 24.0 Å². The lowest BCUT2D eigenvalue weighted by atomic mass is 9.85. The smallest absolute Gasteiger partial charge is 0.226 e. The molecule has 0 N–H and O–H groups in total. The van der Waals surface area contributed by atoms with Crippen LogP contribution in [0, 0.1) is 11.8 Å². The molecule has 1 saturated carbocycles. The number of hydrogen-bond donors (Lipinski definition) is 0. The summed E-state index contributed by atoms with van der Waals surface area (Å²) in [4.78, 5) is 15.1. The SMILES string of the molecule is CN(CC1CC(Br)C1)C(=O)C1Cc2ccccc2C1. The summed E-state index contributed by atoms with van der Waals surface area (Å²) >= 11 is 3.61. The molecule has 0 unspecified atom stereocenters. The third-order valence-corrected chi connectivity index (χ3v) is 5.23. The van der Waals surface area contributed by atoms with Crippen molar-refractivity contribution < 1.29 is 4.79 Å². The van der Waals surface area contributed by atoms with Gasteiger partial charge in [0.2, 0.25) is 5.91 Å². The van der Waals surface area contributed by atoms with Crippen LogP contribution < -0.4 is 0 Å². The topological polar surface area (TPSA) is 20.3 Å². The van der Waals surface area contributed by atoms with Gasteiger partial charge in [-0.1, -0.05) is 40.2 Å². The number of rotatable bonds is 3. The predicted molar refractivity (Wildman–Crippen MR) is 80.4 cm³/mol. The van der Waals surface area contributed by atoms with Crippen LogP contribution in [0.2, 0.25) is 0 Å². The Morgan fingerprint density at radius 1 is 1.26 bits per heavy atom. The molecule has 3 rings (SSSR count). The second-order valence-electron chi connectivity index (χ2n) is 6.03. The van der Waals surface area contributed by atoms with Crippen LogP contribution in [0.5, 0.6) is 0 Å². The molecule has 1 amide bonds. The van der Waals surface area contributed by atoms with E-state index in [-0.39, 0.29) is 5.92 Å². The minimum atomic E-state index is 0.169. The van der Waals surface area contributed by atoms with Crippen molar-refractivity contribution in [2.24, 2.45) is 11.8 Å². The monoisotopic (exact) mass is 321 g/mol. The largest absolute Gasteiger partial charge is 0.345 e. The van der Waals surface area contributed by atoms with Crippen molar-refractivity contribution in [1.82, 2.24) is 4.90 Å². The molecule has 102 valence electrons. The number of carbonyl (C=O) groups is 1. The Hall–Kier alpha value is -0.830. The summed E-state index contributed by atoms with van der Waals surface area (Å²) in [5.41, 5.74) is 2.72. The lowest BCUT2D eigenvalue weighted by Crippen LogP contribution is -2.40. The maximum Gasteiger partial charge on any atom is 0.226 e. The Morgan fingerprint density at radius 2 is 1.84 bits per heavy atom. The van der Waals surface area contributed by atoms with E-state index < -0.39 is 0 Å². The van der Waals surface area contributed by atoms with E-state index in [1.807, 2.05) is 11.9 Å². The summed E-state index contributed by atoms with van der Waals surface area (Å²) in [6, 6.07) is 8.45. The Bertz CT molecular complexity index is 456. The van der Waals surface area contributed by atoms with Gasteiger partial charge in [0.1, 0.15) is 0 Å². The van der Waals surface area contributed by atoms with Gasteiger partial charge >= 0.3 is 0 Å². The molecule has 0 heterocycles. The maximum atomic E-state index is 12.5. The summed E-state index contributed by atoms with van der Waals surface area (Å²) in [7, 11) is 1.97. The van der Waals surface area contributed by atoms with Gasteiger partial charge in [-0.15, -0.1) is 0 Å². The van der Waals surface area contributed by atoms with E-state index in [9.17, 15) is 4.79 Å². The Kier molecular flexibility index (Phi) is 3.66. The summed E-state index contributed by atoms with van der Waals surface area (Å²) in [5, 5.41) is 0. The molecular formula is C16H20BrNO. The molecule has 2 aliphatic carbocycles. The van der Waals surface area contributed by atoms with Gasteiger partial charge < -0.3 is 4.90 Å². The van der Waals surface area contributed by atoms with Crippen molar-refractivity contribution in [3.8, 4) is 0 Å². The maximum absolute atomic E-state index is 12.5. The van der Waals surface area contributed by atoms with Crippen LogP contribution in [-0.2, 0) is 17.6 Å². The molecule has 1 aromatic rings. The van der Waals surface area contributed by atoms with E-state index in [4.69, 9.17) is 0 Å². The molecule has 19 heavy (non-hydrogen) atoms. The molecule has 0 radical (unpaired) electrons. The average molecular weight is 322 g/mol. The fourth-order valence-electron chi connectivity index (χ4n) is 3.33. The van der Waals surface area contributed by atoms with Crippen LogP contribution in [0.3, 0.4) is 0 Å². The lowest BCUT2D eigenvalue weighted by Gasteiger charge is -2.35. The molecule has 1 aromatic carbocycles. The third kappa shape index (κ3) is 2.71. The van der Waals surface area contributed by atoms with Crippen molar-refractivity contribution in [2.75, 3.05) is 13.6 Å². The molecule has 0 aromatic heterocycles. The fourth-order valence-corrected chi connectivity index (χ4v) is 4.38.